The fraction of sp³-hybridized carbons (Fsp3) is 0.318. The lowest BCUT2D eigenvalue weighted by atomic mass is 10.2. The number of amides is 1. The third kappa shape index (κ3) is 5.02. The number of sulfone groups is 1. The summed E-state index contributed by atoms with van der Waals surface area (Å²) in [6, 6.07) is 15.7. The van der Waals surface area contributed by atoms with E-state index in [2.05, 4.69) is 10.2 Å². The van der Waals surface area contributed by atoms with Crippen LogP contribution < -0.4 is 0 Å². The van der Waals surface area contributed by atoms with Crippen molar-refractivity contribution < 1.29 is 17.6 Å². The Kier molecular flexibility index (Phi) is 6.61. The van der Waals surface area contributed by atoms with E-state index in [1.54, 1.807) is 29.8 Å². The van der Waals surface area contributed by atoms with Gasteiger partial charge in [0.1, 0.15) is 5.82 Å². The fourth-order valence-corrected chi connectivity index (χ4v) is 6.29. The van der Waals surface area contributed by atoms with Gasteiger partial charge in [-0.15, -0.1) is 10.2 Å². The van der Waals surface area contributed by atoms with Gasteiger partial charge in [0.05, 0.1) is 29.4 Å². The molecule has 168 valence electrons. The molecule has 7 nitrogen and oxygen atoms in total. The second kappa shape index (κ2) is 9.41. The molecule has 2 aromatic carbocycles. The first-order chi connectivity index (χ1) is 15.3. The predicted octanol–water partition coefficient (Wildman–Crippen LogP) is 2.87. The average Bonchev–Trinajstić information content (AvgIpc) is 3.35. The Morgan fingerprint density at radius 2 is 1.88 bits per heavy atom. The van der Waals surface area contributed by atoms with E-state index in [0.717, 1.165) is 5.56 Å². The first kappa shape index (κ1) is 22.5. The Balaban J connectivity index is 1.55. The van der Waals surface area contributed by atoms with Crippen LogP contribution in [0.4, 0.5) is 4.39 Å². The zero-order chi connectivity index (χ0) is 22.7. The lowest BCUT2D eigenvalue weighted by Crippen LogP contribution is -2.38. The average molecular weight is 475 g/mol. The second-order valence-electron chi connectivity index (χ2n) is 7.71. The molecule has 2 heterocycles. The molecule has 4 rings (SSSR count). The lowest BCUT2D eigenvalue weighted by molar-refractivity contribution is -0.128. The molecule has 0 bridgehead atoms. The predicted molar refractivity (Wildman–Crippen MR) is 122 cm³/mol. The SMILES string of the molecule is CN(C(=O)CSc1nnc(-c2ccccc2F)n1Cc1ccccc1)[C@H]1CCS(=O)(=O)C1. The minimum Gasteiger partial charge on any atom is -0.341 e. The van der Waals surface area contributed by atoms with E-state index >= 15 is 0 Å². The minimum absolute atomic E-state index is 0.00152. The van der Waals surface area contributed by atoms with Crippen LogP contribution >= 0.6 is 11.8 Å². The summed E-state index contributed by atoms with van der Waals surface area (Å²) in [6.45, 7) is 0.421. The number of benzene rings is 2. The van der Waals surface area contributed by atoms with Crippen LogP contribution in [0.25, 0.3) is 11.4 Å². The number of carbonyl (C=O) groups excluding carboxylic acids is 1. The first-order valence-electron chi connectivity index (χ1n) is 10.1. The first-order valence-corrected chi connectivity index (χ1v) is 13.0. The van der Waals surface area contributed by atoms with Gasteiger partial charge in [0.25, 0.3) is 0 Å². The molecule has 1 aliphatic rings. The zero-order valence-electron chi connectivity index (χ0n) is 17.5. The van der Waals surface area contributed by atoms with Gasteiger partial charge in [-0.3, -0.25) is 9.36 Å². The summed E-state index contributed by atoms with van der Waals surface area (Å²) in [5.41, 5.74) is 1.33. The summed E-state index contributed by atoms with van der Waals surface area (Å²) in [7, 11) is -1.44. The number of aromatic nitrogens is 3. The molecule has 0 unspecified atom stereocenters. The monoisotopic (exact) mass is 474 g/mol. The molecule has 1 atom stereocenters. The Morgan fingerprint density at radius 3 is 2.56 bits per heavy atom. The molecule has 3 aromatic rings. The lowest BCUT2D eigenvalue weighted by Gasteiger charge is -2.23. The molecule has 1 aliphatic heterocycles. The summed E-state index contributed by atoms with van der Waals surface area (Å²) in [5.74, 6) is -0.00142. The molecular weight excluding hydrogens is 451 g/mol. The summed E-state index contributed by atoms with van der Waals surface area (Å²) in [5, 5.41) is 8.93. The Labute approximate surface area is 190 Å². The highest BCUT2D eigenvalue weighted by atomic mass is 32.2. The summed E-state index contributed by atoms with van der Waals surface area (Å²) >= 11 is 1.21. The molecule has 1 saturated heterocycles. The van der Waals surface area contributed by atoms with Crippen LogP contribution in [0.15, 0.2) is 59.8 Å². The van der Waals surface area contributed by atoms with E-state index in [0.29, 0.717) is 29.5 Å². The number of nitrogens with zero attached hydrogens (tertiary/aromatic N) is 4. The van der Waals surface area contributed by atoms with Crippen LogP contribution in [0, 0.1) is 5.82 Å². The van der Waals surface area contributed by atoms with Crippen molar-refractivity contribution in [3.05, 3.63) is 66.0 Å². The number of hydrogen-bond donors (Lipinski definition) is 0. The standard InChI is InChI=1S/C22H23FN4O3S2/c1-26(17-11-12-32(29,30)15-17)20(28)14-31-22-25-24-21(18-9-5-6-10-19(18)23)27(22)13-16-7-3-2-4-8-16/h2-10,17H,11-15H2,1H3/t17-/m0/s1. The minimum atomic E-state index is -3.08. The number of halogens is 1. The highest BCUT2D eigenvalue weighted by Gasteiger charge is 2.32. The second-order valence-corrected chi connectivity index (χ2v) is 10.9. The van der Waals surface area contributed by atoms with Crippen molar-refractivity contribution in [2.75, 3.05) is 24.3 Å². The maximum absolute atomic E-state index is 14.5. The van der Waals surface area contributed by atoms with Gasteiger partial charge in [-0.25, -0.2) is 12.8 Å². The summed E-state index contributed by atoms with van der Waals surface area (Å²) < 4.78 is 39.7. The molecular formula is C22H23FN4O3S2. The van der Waals surface area contributed by atoms with Gasteiger partial charge in [-0.2, -0.15) is 0 Å². The molecule has 1 amide bonds. The van der Waals surface area contributed by atoms with Crippen LogP contribution in [-0.2, 0) is 21.2 Å². The van der Waals surface area contributed by atoms with Crippen LogP contribution in [0.2, 0.25) is 0 Å². The molecule has 0 saturated carbocycles. The highest BCUT2D eigenvalue weighted by Crippen LogP contribution is 2.27. The molecule has 0 aliphatic carbocycles. The van der Waals surface area contributed by atoms with Crippen LogP contribution in [0.1, 0.15) is 12.0 Å². The normalized spacial score (nSPS) is 17.4. The van der Waals surface area contributed by atoms with E-state index in [-0.39, 0.29) is 29.2 Å². The number of hydrogen-bond acceptors (Lipinski definition) is 6. The highest BCUT2D eigenvalue weighted by molar-refractivity contribution is 7.99. The molecule has 32 heavy (non-hydrogen) atoms. The van der Waals surface area contributed by atoms with Gasteiger partial charge in [-0.05, 0) is 24.1 Å². The van der Waals surface area contributed by atoms with E-state index in [1.165, 1.54) is 22.7 Å². The van der Waals surface area contributed by atoms with Crippen molar-refractivity contribution in [1.29, 1.82) is 0 Å². The number of rotatable bonds is 7. The molecule has 1 aromatic heterocycles. The molecule has 0 N–H and O–H groups in total. The van der Waals surface area contributed by atoms with Gasteiger partial charge < -0.3 is 4.90 Å². The molecule has 0 spiro atoms. The molecule has 10 heteroatoms. The molecule has 0 radical (unpaired) electrons. The molecule has 1 fully saturated rings. The largest absolute Gasteiger partial charge is 0.341 e. The van der Waals surface area contributed by atoms with E-state index in [1.807, 2.05) is 30.3 Å². The topological polar surface area (TPSA) is 85.2 Å². The third-order valence-electron chi connectivity index (χ3n) is 5.49. The van der Waals surface area contributed by atoms with Crippen molar-refractivity contribution in [3.8, 4) is 11.4 Å². The van der Waals surface area contributed by atoms with Crippen molar-refractivity contribution in [2.45, 2.75) is 24.2 Å². The van der Waals surface area contributed by atoms with Crippen molar-refractivity contribution in [2.24, 2.45) is 0 Å². The third-order valence-corrected chi connectivity index (χ3v) is 8.19. The number of carbonyl (C=O) groups is 1. The van der Waals surface area contributed by atoms with E-state index < -0.39 is 15.7 Å². The van der Waals surface area contributed by atoms with Crippen molar-refractivity contribution in [3.63, 3.8) is 0 Å². The van der Waals surface area contributed by atoms with Crippen LogP contribution in [0.3, 0.4) is 0 Å². The summed E-state index contributed by atoms with van der Waals surface area (Å²) in [4.78, 5) is 14.2. The van der Waals surface area contributed by atoms with E-state index in [4.69, 9.17) is 0 Å². The zero-order valence-corrected chi connectivity index (χ0v) is 19.2. The van der Waals surface area contributed by atoms with Crippen LogP contribution in [0.5, 0.6) is 0 Å². The smallest absolute Gasteiger partial charge is 0.233 e. The Bertz CT molecular complexity index is 1210. The maximum atomic E-state index is 14.5. The van der Waals surface area contributed by atoms with Gasteiger partial charge in [0, 0.05) is 13.1 Å². The Hall–Kier alpha value is -2.72. The van der Waals surface area contributed by atoms with Crippen molar-refractivity contribution >= 4 is 27.5 Å². The van der Waals surface area contributed by atoms with Crippen molar-refractivity contribution in [1.82, 2.24) is 19.7 Å². The van der Waals surface area contributed by atoms with Gasteiger partial charge in [0.2, 0.25) is 5.91 Å². The number of thioether (sulfide) groups is 1. The maximum Gasteiger partial charge on any atom is 0.233 e. The van der Waals surface area contributed by atoms with Gasteiger partial charge in [0.15, 0.2) is 20.8 Å². The summed E-state index contributed by atoms with van der Waals surface area (Å²) in [6.07, 6.45) is 0.455. The Morgan fingerprint density at radius 1 is 1.16 bits per heavy atom. The van der Waals surface area contributed by atoms with Gasteiger partial charge in [-0.1, -0.05) is 54.2 Å². The quantitative estimate of drug-likeness (QED) is 0.490. The van der Waals surface area contributed by atoms with Gasteiger partial charge >= 0.3 is 0 Å². The fourth-order valence-electron chi connectivity index (χ4n) is 3.66. The van der Waals surface area contributed by atoms with E-state index in [9.17, 15) is 17.6 Å². The van der Waals surface area contributed by atoms with Crippen LogP contribution in [-0.4, -0.2) is 64.3 Å².